The molecule has 2 aromatic carbocycles. The van der Waals surface area contributed by atoms with E-state index >= 15 is 0 Å². The first-order valence-corrected chi connectivity index (χ1v) is 10.1. The first-order chi connectivity index (χ1) is 14.0. The summed E-state index contributed by atoms with van der Waals surface area (Å²) in [6.07, 6.45) is 3.14. The number of nitrogens with one attached hydrogen (secondary N) is 2. The van der Waals surface area contributed by atoms with Crippen molar-refractivity contribution in [3.63, 3.8) is 0 Å². The zero-order valence-electron chi connectivity index (χ0n) is 16.5. The largest absolute Gasteiger partial charge is 0.348 e. The lowest BCUT2D eigenvalue weighted by atomic mass is 9.98. The van der Waals surface area contributed by atoms with Gasteiger partial charge < -0.3 is 10.6 Å². The molecule has 2 N–H and O–H groups in total. The molecule has 0 unspecified atom stereocenters. The topological polar surface area (TPSA) is 78.5 Å². The zero-order chi connectivity index (χ0) is 20.4. The molecule has 6 nitrogen and oxygen atoms in total. The van der Waals surface area contributed by atoms with Crippen molar-refractivity contribution in [1.82, 2.24) is 15.5 Å². The van der Waals surface area contributed by atoms with E-state index in [-0.39, 0.29) is 24.4 Å². The van der Waals surface area contributed by atoms with E-state index in [0.717, 1.165) is 34.4 Å². The molecule has 0 bridgehead atoms. The van der Waals surface area contributed by atoms with Gasteiger partial charge in [0.05, 0.1) is 6.04 Å². The molecule has 1 spiro atoms. The Kier molecular flexibility index (Phi) is 5.09. The maximum absolute atomic E-state index is 12.7. The molecule has 0 radical (unpaired) electrons. The molecular formula is C23H25N3O3. The second kappa shape index (κ2) is 7.70. The number of hydrogen-bond donors (Lipinski definition) is 2. The van der Waals surface area contributed by atoms with Gasteiger partial charge in [-0.1, -0.05) is 67.4 Å². The Balaban J connectivity index is 1.37. The minimum absolute atomic E-state index is 0.228. The average molecular weight is 391 g/mol. The number of urea groups is 1. The van der Waals surface area contributed by atoms with E-state index in [2.05, 4.69) is 22.8 Å². The third kappa shape index (κ3) is 3.75. The van der Waals surface area contributed by atoms with Gasteiger partial charge in [-0.2, -0.15) is 0 Å². The Morgan fingerprint density at radius 1 is 1.03 bits per heavy atom. The lowest BCUT2D eigenvalue weighted by Crippen LogP contribution is -2.45. The highest BCUT2D eigenvalue weighted by molar-refractivity contribution is 6.09. The smallest absolute Gasteiger partial charge is 0.325 e. The van der Waals surface area contributed by atoms with E-state index in [1.54, 1.807) is 0 Å². The van der Waals surface area contributed by atoms with Gasteiger partial charge in [-0.3, -0.25) is 14.5 Å². The lowest BCUT2D eigenvalue weighted by molar-refractivity contribution is -0.135. The maximum atomic E-state index is 12.7. The number of imide groups is 1. The molecule has 1 saturated heterocycles. The monoisotopic (exact) mass is 391 g/mol. The predicted molar refractivity (Wildman–Crippen MR) is 110 cm³/mol. The van der Waals surface area contributed by atoms with E-state index in [4.69, 9.17) is 0 Å². The Labute approximate surface area is 170 Å². The van der Waals surface area contributed by atoms with Gasteiger partial charge in [-0.25, -0.2) is 4.79 Å². The van der Waals surface area contributed by atoms with Crippen molar-refractivity contribution in [1.29, 1.82) is 0 Å². The summed E-state index contributed by atoms with van der Waals surface area (Å²) < 4.78 is 0. The quantitative estimate of drug-likeness (QED) is 0.767. The molecule has 6 heteroatoms. The first kappa shape index (κ1) is 19.2. The van der Waals surface area contributed by atoms with Crippen LogP contribution in [0.3, 0.4) is 0 Å². The van der Waals surface area contributed by atoms with Crippen molar-refractivity contribution in [3.05, 3.63) is 60.2 Å². The molecule has 1 aliphatic heterocycles. The number of carbonyl (C=O) groups is 3. The highest BCUT2D eigenvalue weighted by Crippen LogP contribution is 2.34. The van der Waals surface area contributed by atoms with Crippen LogP contribution in [-0.4, -0.2) is 34.8 Å². The summed E-state index contributed by atoms with van der Waals surface area (Å²) in [5.41, 5.74) is 2.42. The molecule has 150 valence electrons. The molecule has 1 atom stereocenters. The third-order valence-corrected chi connectivity index (χ3v) is 5.90. The molecule has 0 aromatic heterocycles. The van der Waals surface area contributed by atoms with Gasteiger partial charge in [0.1, 0.15) is 12.1 Å². The van der Waals surface area contributed by atoms with E-state index < -0.39 is 11.6 Å². The molecule has 2 aromatic rings. The van der Waals surface area contributed by atoms with Gasteiger partial charge in [-0.15, -0.1) is 0 Å². The molecule has 1 aliphatic carbocycles. The zero-order valence-corrected chi connectivity index (χ0v) is 16.5. The van der Waals surface area contributed by atoms with Crippen LogP contribution in [0.15, 0.2) is 54.6 Å². The van der Waals surface area contributed by atoms with Crippen molar-refractivity contribution in [2.75, 3.05) is 6.54 Å². The number of carbonyl (C=O) groups excluding carboxylic acids is 3. The van der Waals surface area contributed by atoms with Gasteiger partial charge in [0.25, 0.3) is 5.91 Å². The molecule has 2 aliphatic rings. The highest BCUT2D eigenvalue weighted by Gasteiger charge is 2.52. The van der Waals surface area contributed by atoms with Crippen molar-refractivity contribution < 1.29 is 14.4 Å². The van der Waals surface area contributed by atoms with Crippen LogP contribution < -0.4 is 10.6 Å². The maximum Gasteiger partial charge on any atom is 0.325 e. The summed E-state index contributed by atoms with van der Waals surface area (Å²) >= 11 is 0. The van der Waals surface area contributed by atoms with Gasteiger partial charge in [0, 0.05) is 0 Å². The van der Waals surface area contributed by atoms with Crippen LogP contribution in [0, 0.1) is 0 Å². The average Bonchev–Trinajstić information content (AvgIpc) is 3.29. The van der Waals surface area contributed by atoms with Crippen molar-refractivity contribution in [3.8, 4) is 11.1 Å². The summed E-state index contributed by atoms with van der Waals surface area (Å²) in [5, 5.41) is 5.69. The Hall–Kier alpha value is -3.15. The standard InChI is InChI=1S/C23H25N3O3/c1-16(17-9-11-19(12-10-17)18-7-3-2-4-8-18)24-20(27)15-26-21(28)23(25-22(26)29)13-5-6-14-23/h2-4,7-12,16H,5-6,13-15H2,1H3,(H,24,27)(H,25,29)/t16-/m1/s1. The summed E-state index contributed by atoms with van der Waals surface area (Å²) in [6.45, 7) is 1.64. The van der Waals surface area contributed by atoms with Crippen molar-refractivity contribution in [2.45, 2.75) is 44.2 Å². The van der Waals surface area contributed by atoms with E-state index in [0.29, 0.717) is 12.8 Å². The van der Waals surface area contributed by atoms with Crippen LogP contribution in [0.25, 0.3) is 11.1 Å². The number of rotatable bonds is 5. The van der Waals surface area contributed by atoms with E-state index in [1.165, 1.54) is 0 Å². The first-order valence-electron chi connectivity index (χ1n) is 10.1. The van der Waals surface area contributed by atoms with Gasteiger partial charge in [0.15, 0.2) is 0 Å². The number of amides is 4. The van der Waals surface area contributed by atoms with Gasteiger partial charge >= 0.3 is 6.03 Å². The fraction of sp³-hybridized carbons (Fsp3) is 0.348. The number of benzene rings is 2. The van der Waals surface area contributed by atoms with E-state index in [9.17, 15) is 14.4 Å². The molecule has 2 fully saturated rings. The third-order valence-electron chi connectivity index (χ3n) is 5.90. The summed E-state index contributed by atoms with van der Waals surface area (Å²) in [4.78, 5) is 38.4. The van der Waals surface area contributed by atoms with Crippen molar-refractivity contribution in [2.24, 2.45) is 0 Å². The van der Waals surface area contributed by atoms with Crippen LogP contribution in [0.4, 0.5) is 4.79 Å². The Bertz CT molecular complexity index is 918. The second-order valence-corrected chi connectivity index (χ2v) is 7.89. The minimum Gasteiger partial charge on any atom is -0.348 e. The van der Waals surface area contributed by atoms with E-state index in [1.807, 2.05) is 49.4 Å². The van der Waals surface area contributed by atoms with Crippen LogP contribution >= 0.6 is 0 Å². The fourth-order valence-corrected chi connectivity index (χ4v) is 4.25. The molecule has 1 heterocycles. The molecule has 29 heavy (non-hydrogen) atoms. The normalized spacial score (nSPS) is 18.7. The molecular weight excluding hydrogens is 366 g/mol. The fourth-order valence-electron chi connectivity index (χ4n) is 4.25. The van der Waals surface area contributed by atoms with Crippen LogP contribution in [-0.2, 0) is 9.59 Å². The summed E-state index contributed by atoms with van der Waals surface area (Å²) in [5.74, 6) is -0.613. The predicted octanol–water partition coefficient (Wildman–Crippen LogP) is 3.40. The van der Waals surface area contributed by atoms with Crippen LogP contribution in [0.1, 0.15) is 44.2 Å². The number of hydrogen-bond acceptors (Lipinski definition) is 3. The summed E-state index contributed by atoms with van der Waals surface area (Å²) in [6, 6.07) is 17.4. The van der Waals surface area contributed by atoms with Gasteiger partial charge in [-0.05, 0) is 36.5 Å². The second-order valence-electron chi connectivity index (χ2n) is 7.89. The molecule has 4 amide bonds. The van der Waals surface area contributed by atoms with Crippen molar-refractivity contribution >= 4 is 17.8 Å². The minimum atomic E-state index is -0.781. The highest BCUT2D eigenvalue weighted by atomic mass is 16.2. The van der Waals surface area contributed by atoms with Crippen LogP contribution in [0.5, 0.6) is 0 Å². The Morgan fingerprint density at radius 3 is 2.31 bits per heavy atom. The Morgan fingerprint density at radius 2 is 1.66 bits per heavy atom. The SMILES string of the molecule is C[C@@H](NC(=O)CN1C(=O)NC2(CCCC2)C1=O)c1ccc(-c2ccccc2)cc1. The van der Waals surface area contributed by atoms with Gasteiger partial charge in [0.2, 0.25) is 5.91 Å². The molecule has 4 rings (SSSR count). The molecule has 1 saturated carbocycles. The lowest BCUT2D eigenvalue weighted by Gasteiger charge is -2.20. The van der Waals surface area contributed by atoms with Crippen LogP contribution in [0.2, 0.25) is 0 Å². The summed E-state index contributed by atoms with van der Waals surface area (Å²) in [7, 11) is 0. The number of nitrogens with zero attached hydrogens (tertiary/aromatic N) is 1.